The molecule has 0 aliphatic heterocycles. The summed E-state index contributed by atoms with van der Waals surface area (Å²) in [5, 5.41) is 5.13. The van der Waals surface area contributed by atoms with E-state index in [0.29, 0.717) is 22.1 Å². The molecule has 2 aromatic heterocycles. The van der Waals surface area contributed by atoms with Crippen LogP contribution < -0.4 is 4.90 Å². The number of aromatic nitrogens is 1. The Bertz CT molecular complexity index is 4140. The van der Waals surface area contributed by atoms with E-state index >= 15 is 0 Å². The third-order valence-corrected chi connectivity index (χ3v) is 14.4. The van der Waals surface area contributed by atoms with Crippen LogP contribution in [0.5, 0.6) is 0 Å². The molecular formula is C59H36N2S. The highest BCUT2D eigenvalue weighted by molar-refractivity contribution is 7.26. The van der Waals surface area contributed by atoms with Crippen molar-refractivity contribution in [2.45, 2.75) is 5.41 Å². The topological polar surface area (TPSA) is 8.17 Å². The maximum atomic E-state index is 9.94. The van der Waals surface area contributed by atoms with Crippen molar-refractivity contribution in [1.82, 2.24) is 4.57 Å². The largest absolute Gasteiger partial charge is 0.310 e. The molecule has 2 heterocycles. The average molecular weight is 811 g/mol. The molecule has 14 rings (SSSR count). The second kappa shape index (κ2) is 12.7. The molecule has 0 bridgehead atoms. The number of benzene rings is 10. The smallest absolute Gasteiger partial charge is 0.0726 e. The fourth-order valence-electron chi connectivity index (χ4n) is 10.9. The molecule has 0 saturated heterocycles. The highest BCUT2D eigenvalue weighted by Gasteiger charge is 2.50. The quantitative estimate of drug-likeness (QED) is 0.172. The van der Waals surface area contributed by atoms with E-state index in [2.05, 4.69) is 161 Å². The van der Waals surface area contributed by atoms with Gasteiger partial charge in [0.1, 0.15) is 0 Å². The first-order chi connectivity index (χ1) is 33.3. The van der Waals surface area contributed by atoms with Gasteiger partial charge in [0.05, 0.1) is 30.4 Å². The van der Waals surface area contributed by atoms with Gasteiger partial charge >= 0.3 is 0 Å². The minimum Gasteiger partial charge on any atom is -0.310 e. The van der Waals surface area contributed by atoms with Crippen molar-refractivity contribution in [3.63, 3.8) is 0 Å². The van der Waals surface area contributed by atoms with Crippen LogP contribution in [0.1, 0.15) is 30.5 Å². The van der Waals surface area contributed by atoms with Crippen LogP contribution in [-0.4, -0.2) is 4.57 Å². The van der Waals surface area contributed by atoms with Crippen molar-refractivity contribution in [3.8, 4) is 27.9 Å². The highest BCUT2D eigenvalue weighted by Crippen LogP contribution is 2.62. The van der Waals surface area contributed by atoms with E-state index in [1.165, 1.54) is 4.70 Å². The summed E-state index contributed by atoms with van der Waals surface area (Å²) in [6.07, 6.45) is 0. The summed E-state index contributed by atoms with van der Waals surface area (Å²) in [5.41, 5.74) is 11.0. The lowest BCUT2D eigenvalue weighted by Gasteiger charge is -2.41. The van der Waals surface area contributed by atoms with Gasteiger partial charge in [-0.05, 0) is 116 Å². The van der Waals surface area contributed by atoms with Crippen LogP contribution in [0.4, 0.5) is 17.1 Å². The van der Waals surface area contributed by atoms with Crippen LogP contribution in [0.3, 0.4) is 0 Å². The van der Waals surface area contributed by atoms with Gasteiger partial charge in [-0.25, -0.2) is 0 Å². The Hall–Kier alpha value is -7.72. The van der Waals surface area contributed by atoms with Gasteiger partial charge in [0.15, 0.2) is 0 Å². The maximum absolute atomic E-state index is 9.94. The molecule has 0 N–H and O–H groups in total. The van der Waals surface area contributed by atoms with Crippen LogP contribution in [-0.2, 0) is 5.41 Å². The molecule has 3 heteroatoms. The number of nitrogens with zero attached hydrogens (tertiary/aromatic N) is 2. The predicted molar refractivity (Wildman–Crippen MR) is 262 cm³/mol. The van der Waals surface area contributed by atoms with Crippen molar-refractivity contribution >= 4 is 81.1 Å². The summed E-state index contributed by atoms with van der Waals surface area (Å²) in [6.45, 7) is 0. The zero-order valence-corrected chi connectivity index (χ0v) is 33.9. The monoisotopic (exact) mass is 810 g/mol. The third-order valence-electron chi connectivity index (χ3n) is 13.3. The number of para-hydroxylation sites is 2. The van der Waals surface area contributed by atoms with Crippen LogP contribution in [0, 0.1) is 0 Å². The van der Waals surface area contributed by atoms with E-state index in [9.17, 15) is 6.85 Å². The summed E-state index contributed by atoms with van der Waals surface area (Å²) < 4.78 is 61.2. The number of hydrogen-bond acceptors (Lipinski definition) is 2. The molecular weight excluding hydrogens is 769 g/mol. The Kier molecular flexibility index (Phi) is 5.86. The van der Waals surface area contributed by atoms with Crippen molar-refractivity contribution in [3.05, 3.63) is 240 Å². The lowest BCUT2D eigenvalue weighted by Crippen LogP contribution is -2.32. The zero-order chi connectivity index (χ0) is 45.7. The van der Waals surface area contributed by atoms with Gasteiger partial charge in [0.2, 0.25) is 0 Å². The molecule has 0 amide bonds. The summed E-state index contributed by atoms with van der Waals surface area (Å²) in [4.78, 5) is 2.34. The first kappa shape index (κ1) is 28.7. The predicted octanol–water partition coefficient (Wildman–Crippen LogP) is 16.1. The molecule has 62 heavy (non-hydrogen) atoms. The molecule has 2 aliphatic rings. The summed E-state index contributed by atoms with van der Waals surface area (Å²) in [7, 11) is 0. The SMILES string of the molecule is [2H]c1c([2H])c2c3c(c([2H])c([2H])c([2H])c3c1[2H])C1(c3ccccc3-c3ccccc31)c1cc(N(c3ccc4c5ccccc5n(-c5ccccc5)c4c3)c3cccc4sc5ccccc5c34)ccc1-2. The van der Waals surface area contributed by atoms with Crippen LogP contribution in [0.25, 0.3) is 80.7 Å². The molecule has 1 spiro atoms. The summed E-state index contributed by atoms with van der Waals surface area (Å²) in [5.74, 6) is 0. The Morgan fingerprint density at radius 1 is 0.435 bits per heavy atom. The molecule has 0 fully saturated rings. The molecule has 288 valence electrons. The fourth-order valence-corrected chi connectivity index (χ4v) is 12.0. The molecule has 2 aliphatic carbocycles. The number of anilines is 3. The molecule has 0 saturated carbocycles. The molecule has 12 aromatic rings. The Labute approximate surface area is 371 Å². The van der Waals surface area contributed by atoms with Gasteiger partial charge in [-0.1, -0.05) is 158 Å². The first-order valence-electron chi connectivity index (χ1n) is 23.9. The van der Waals surface area contributed by atoms with Gasteiger partial charge in [-0.3, -0.25) is 0 Å². The summed E-state index contributed by atoms with van der Waals surface area (Å²) in [6, 6.07) is 62.3. The van der Waals surface area contributed by atoms with E-state index in [4.69, 9.17) is 1.37 Å². The minimum absolute atomic E-state index is 0.117. The Morgan fingerprint density at radius 3 is 1.92 bits per heavy atom. The highest BCUT2D eigenvalue weighted by atomic mass is 32.1. The number of fused-ring (bicyclic) bond motifs is 15. The lowest BCUT2D eigenvalue weighted by atomic mass is 9.61. The van der Waals surface area contributed by atoms with E-state index in [0.717, 1.165) is 87.8 Å². The van der Waals surface area contributed by atoms with E-state index in [-0.39, 0.29) is 41.6 Å². The second-order valence-corrected chi connectivity index (χ2v) is 17.4. The number of rotatable bonds is 4. The molecule has 10 aromatic carbocycles. The van der Waals surface area contributed by atoms with E-state index < -0.39 is 5.41 Å². The number of thiophene rings is 1. The minimum atomic E-state index is -1.19. The first-order valence-corrected chi connectivity index (χ1v) is 21.8. The average Bonchev–Trinajstić information content (AvgIpc) is 4.02. The molecule has 0 radical (unpaired) electrons. The summed E-state index contributed by atoms with van der Waals surface area (Å²) >= 11 is 1.77. The molecule has 2 nitrogen and oxygen atoms in total. The third kappa shape index (κ3) is 4.42. The van der Waals surface area contributed by atoms with E-state index in [1.54, 1.807) is 11.3 Å². The van der Waals surface area contributed by atoms with Crippen molar-refractivity contribution in [2.24, 2.45) is 0 Å². The standard InChI is InChI=1S/C59H36N2S/c1-2-17-38(18-3-1)61-52-27-10-6-21-44(52)45-34-32-40(36-54(45)61)60(53-28-14-30-56-58(53)47-22-7-11-29-55(47)62-56)39-31-33-43-46-23-12-15-37-16-13-26-50(57(37)46)59(51(43)35-39)48-24-8-4-19-41(48)42-20-5-9-25-49(42)59/h1-36H/i12D,13D,15D,16D,23D,26D. The van der Waals surface area contributed by atoms with Crippen molar-refractivity contribution < 1.29 is 8.22 Å². The lowest BCUT2D eigenvalue weighted by molar-refractivity contribution is 0.773. The Morgan fingerprint density at radius 2 is 1.08 bits per heavy atom. The van der Waals surface area contributed by atoms with Gasteiger partial charge < -0.3 is 9.47 Å². The van der Waals surface area contributed by atoms with Crippen LogP contribution in [0.15, 0.2) is 218 Å². The van der Waals surface area contributed by atoms with Gasteiger partial charge in [-0.15, -0.1) is 11.3 Å². The van der Waals surface area contributed by atoms with Gasteiger partial charge in [-0.2, -0.15) is 0 Å². The van der Waals surface area contributed by atoms with Crippen molar-refractivity contribution in [2.75, 3.05) is 4.90 Å². The fraction of sp³-hybridized carbons (Fsp3) is 0.0169. The van der Waals surface area contributed by atoms with E-state index in [1.807, 2.05) is 30.3 Å². The molecule has 0 unspecified atom stereocenters. The zero-order valence-electron chi connectivity index (χ0n) is 39.1. The Balaban J connectivity index is 1.15. The maximum Gasteiger partial charge on any atom is 0.0726 e. The van der Waals surface area contributed by atoms with Crippen LogP contribution in [0.2, 0.25) is 0 Å². The van der Waals surface area contributed by atoms with Crippen LogP contribution >= 0.6 is 11.3 Å². The van der Waals surface area contributed by atoms with Gasteiger partial charge in [0, 0.05) is 48.0 Å². The number of hydrogen-bond donors (Lipinski definition) is 0. The molecule has 0 atom stereocenters. The second-order valence-electron chi connectivity index (χ2n) is 16.3. The van der Waals surface area contributed by atoms with Gasteiger partial charge in [0.25, 0.3) is 0 Å². The normalized spacial score (nSPS) is 14.6. The van der Waals surface area contributed by atoms with Crippen molar-refractivity contribution in [1.29, 1.82) is 0 Å².